The van der Waals surface area contributed by atoms with E-state index in [1.807, 2.05) is 0 Å². The zero-order chi connectivity index (χ0) is 7.44. The fraction of sp³-hybridized carbons (Fsp3) is 0.500. The fourth-order valence-electron chi connectivity index (χ4n) is 0.275. The van der Waals surface area contributed by atoms with Crippen LogP contribution in [-0.4, -0.2) is 55.5 Å². The molecule has 0 amide bonds. The van der Waals surface area contributed by atoms with E-state index < -0.39 is 24.4 Å². The van der Waals surface area contributed by atoms with Gasteiger partial charge in [0.2, 0.25) is 0 Å². The van der Waals surface area contributed by atoms with Crippen LogP contribution in [0.3, 0.4) is 0 Å². The number of aliphatic carboxylic acids is 2. The summed E-state index contributed by atoms with van der Waals surface area (Å²) >= 11 is 0. The van der Waals surface area contributed by atoms with Crippen molar-refractivity contribution in [2.24, 2.45) is 5.73 Å². The molecule has 0 aromatic rings. The van der Waals surface area contributed by atoms with E-state index in [9.17, 15) is 9.59 Å². The van der Waals surface area contributed by atoms with Crippen LogP contribution < -0.4 is 5.73 Å². The topological polar surface area (TPSA) is 101 Å². The Morgan fingerprint density at radius 1 is 1.40 bits per heavy atom. The van der Waals surface area contributed by atoms with Gasteiger partial charge in [-0.3, -0.25) is 9.59 Å². The molecular formula is C4H9NO4Pb. The standard InChI is InChI=1S/C4H7NO4.Pb.2H/c5-2(4(8)9)1-3(6)7;;;/h2H,1,5H2,(H,6,7)(H,8,9);;;. The molecule has 0 rings (SSSR count). The Bertz CT molecular complexity index is 137. The second-order valence-corrected chi connectivity index (χ2v) is 1.54. The van der Waals surface area contributed by atoms with Gasteiger partial charge in [0.1, 0.15) is 6.04 Å². The van der Waals surface area contributed by atoms with Crippen molar-refractivity contribution in [2.45, 2.75) is 12.5 Å². The molecule has 1 unspecified atom stereocenters. The van der Waals surface area contributed by atoms with E-state index in [1.165, 1.54) is 0 Å². The van der Waals surface area contributed by atoms with E-state index in [4.69, 9.17) is 15.9 Å². The van der Waals surface area contributed by atoms with Crippen LogP contribution in [-0.2, 0) is 9.59 Å². The molecule has 58 valence electrons. The van der Waals surface area contributed by atoms with E-state index in [0.717, 1.165) is 0 Å². The summed E-state index contributed by atoms with van der Waals surface area (Å²) in [7, 11) is 0. The minimum absolute atomic E-state index is 0. The van der Waals surface area contributed by atoms with Crippen LogP contribution in [0, 0.1) is 0 Å². The molecule has 0 saturated heterocycles. The molecule has 5 nitrogen and oxygen atoms in total. The SMILES string of the molecule is NC(CC(=O)O)C(=O)O.[PbH2]. The van der Waals surface area contributed by atoms with E-state index in [2.05, 4.69) is 0 Å². The summed E-state index contributed by atoms with van der Waals surface area (Å²) in [5, 5.41) is 16.0. The van der Waals surface area contributed by atoms with Gasteiger partial charge in [0.25, 0.3) is 0 Å². The second-order valence-electron chi connectivity index (χ2n) is 1.54. The van der Waals surface area contributed by atoms with E-state index in [-0.39, 0.29) is 27.3 Å². The molecule has 0 spiro atoms. The number of hydrogen-bond donors (Lipinski definition) is 3. The Kier molecular flexibility index (Phi) is 6.99. The predicted octanol–water partition coefficient (Wildman–Crippen LogP) is -2.04. The van der Waals surface area contributed by atoms with Crippen LogP contribution in [0.25, 0.3) is 0 Å². The monoisotopic (exact) mass is 343 g/mol. The summed E-state index contributed by atoms with van der Waals surface area (Å²) in [4.78, 5) is 19.6. The third-order valence-electron chi connectivity index (χ3n) is 0.712. The second kappa shape index (κ2) is 5.60. The maximum atomic E-state index is 9.85. The van der Waals surface area contributed by atoms with Crippen molar-refractivity contribution >= 4 is 39.2 Å². The van der Waals surface area contributed by atoms with Crippen molar-refractivity contribution < 1.29 is 19.8 Å². The maximum absolute atomic E-state index is 9.85. The van der Waals surface area contributed by atoms with E-state index in [0.29, 0.717) is 0 Å². The summed E-state index contributed by atoms with van der Waals surface area (Å²) in [5.41, 5.74) is 4.84. The van der Waals surface area contributed by atoms with Crippen molar-refractivity contribution in [3.63, 3.8) is 0 Å². The van der Waals surface area contributed by atoms with Crippen LogP contribution in [0.15, 0.2) is 0 Å². The summed E-state index contributed by atoms with van der Waals surface area (Å²) < 4.78 is 0. The average Bonchev–Trinajstić information content (AvgIpc) is 1.63. The van der Waals surface area contributed by atoms with Crippen LogP contribution in [0.5, 0.6) is 0 Å². The average molecular weight is 342 g/mol. The number of carbonyl (C=O) groups is 2. The number of hydrogen-bond acceptors (Lipinski definition) is 3. The first-order valence-electron chi connectivity index (χ1n) is 2.24. The van der Waals surface area contributed by atoms with E-state index >= 15 is 0 Å². The molecule has 0 fully saturated rings. The Morgan fingerprint density at radius 3 is 1.90 bits per heavy atom. The van der Waals surface area contributed by atoms with Crippen LogP contribution >= 0.6 is 0 Å². The molecule has 1 atom stereocenters. The van der Waals surface area contributed by atoms with Gasteiger partial charge in [-0.1, -0.05) is 0 Å². The molecule has 0 aliphatic heterocycles. The molecule has 2 radical (unpaired) electrons. The van der Waals surface area contributed by atoms with Gasteiger partial charge in [-0.05, 0) is 0 Å². The Hall–Kier alpha value is -0.178. The molecule has 0 aliphatic carbocycles. The molecule has 6 heteroatoms. The van der Waals surface area contributed by atoms with Crippen molar-refractivity contribution in [1.82, 2.24) is 0 Å². The Balaban J connectivity index is 0. The van der Waals surface area contributed by atoms with Crippen molar-refractivity contribution in [2.75, 3.05) is 0 Å². The molecule has 0 aliphatic rings. The van der Waals surface area contributed by atoms with Gasteiger partial charge >= 0.3 is 39.2 Å². The summed E-state index contributed by atoms with van der Waals surface area (Å²) in [5.74, 6) is -2.50. The minimum atomic E-state index is -1.29. The molecular weight excluding hydrogens is 333 g/mol. The van der Waals surface area contributed by atoms with Gasteiger partial charge < -0.3 is 15.9 Å². The first-order chi connectivity index (χ1) is 4.04. The quantitative estimate of drug-likeness (QED) is 0.513. The molecule has 0 heterocycles. The van der Waals surface area contributed by atoms with E-state index in [1.54, 1.807) is 0 Å². The van der Waals surface area contributed by atoms with Crippen LogP contribution in [0.4, 0.5) is 0 Å². The van der Waals surface area contributed by atoms with Gasteiger partial charge in [-0.15, -0.1) is 0 Å². The van der Waals surface area contributed by atoms with Crippen LogP contribution in [0.1, 0.15) is 6.42 Å². The molecule has 10 heavy (non-hydrogen) atoms. The molecule has 0 bridgehead atoms. The van der Waals surface area contributed by atoms with Crippen LogP contribution in [0.2, 0.25) is 0 Å². The molecule has 0 aromatic heterocycles. The van der Waals surface area contributed by atoms with Crippen molar-refractivity contribution in [3.8, 4) is 0 Å². The first-order valence-corrected chi connectivity index (χ1v) is 2.24. The number of nitrogens with two attached hydrogens (primary N) is 1. The zero-order valence-corrected chi connectivity index (χ0v) is 10.8. The number of carboxylic acid groups (broad SMARTS) is 2. The number of rotatable bonds is 3. The third kappa shape index (κ3) is 5.95. The van der Waals surface area contributed by atoms with Crippen molar-refractivity contribution in [1.29, 1.82) is 0 Å². The van der Waals surface area contributed by atoms with Gasteiger partial charge in [-0.2, -0.15) is 0 Å². The van der Waals surface area contributed by atoms with Gasteiger partial charge in [0.15, 0.2) is 0 Å². The zero-order valence-electron chi connectivity index (χ0n) is 5.28. The molecule has 4 N–H and O–H groups in total. The molecule has 0 aromatic carbocycles. The normalized spacial score (nSPS) is 11.3. The summed E-state index contributed by atoms with van der Waals surface area (Å²) in [6, 6.07) is -1.29. The fourth-order valence-corrected chi connectivity index (χ4v) is 0.275. The molecule has 0 saturated carbocycles. The van der Waals surface area contributed by atoms with Crippen molar-refractivity contribution in [3.05, 3.63) is 0 Å². The summed E-state index contributed by atoms with van der Waals surface area (Å²) in [6.45, 7) is 0. The Labute approximate surface area is 77.4 Å². The first kappa shape index (κ1) is 12.5. The third-order valence-corrected chi connectivity index (χ3v) is 0.712. The summed E-state index contributed by atoms with van der Waals surface area (Å²) in [6.07, 6.45) is -0.532. The Morgan fingerprint density at radius 2 is 1.80 bits per heavy atom. The van der Waals surface area contributed by atoms with Gasteiger partial charge in [-0.25, -0.2) is 0 Å². The van der Waals surface area contributed by atoms with Gasteiger partial charge in [0.05, 0.1) is 6.42 Å². The predicted molar refractivity (Wildman–Crippen MR) is 36.4 cm³/mol. The number of carboxylic acids is 2. The van der Waals surface area contributed by atoms with Gasteiger partial charge in [0, 0.05) is 0 Å².